The van der Waals surface area contributed by atoms with Gasteiger partial charge in [0.15, 0.2) is 0 Å². The van der Waals surface area contributed by atoms with Crippen molar-refractivity contribution in [1.29, 1.82) is 0 Å². The fraction of sp³-hybridized carbons (Fsp3) is 0.143. The van der Waals surface area contributed by atoms with Crippen LogP contribution in [-0.2, 0) is 25.7 Å². The van der Waals surface area contributed by atoms with Crippen molar-refractivity contribution in [3.63, 3.8) is 0 Å². The molecule has 0 saturated carbocycles. The SMILES string of the molecule is Nc1cnc2c(c1)CCc1cc(Cl)ccc1C2=O.O=C1c2ccc(Cl)cc2CCc2cc(F)cnc21. The van der Waals surface area contributed by atoms with E-state index in [0.29, 0.717) is 56.7 Å². The Morgan fingerprint density at radius 2 is 1.14 bits per heavy atom. The van der Waals surface area contributed by atoms with Crippen LogP contribution in [-0.4, -0.2) is 21.5 Å². The molecule has 0 spiro atoms. The van der Waals surface area contributed by atoms with Gasteiger partial charge < -0.3 is 5.73 Å². The van der Waals surface area contributed by atoms with Gasteiger partial charge in [-0.25, -0.2) is 9.37 Å². The molecule has 5 nitrogen and oxygen atoms in total. The number of rotatable bonds is 0. The monoisotopic (exact) mass is 519 g/mol. The van der Waals surface area contributed by atoms with Gasteiger partial charge in [0.1, 0.15) is 17.2 Å². The number of anilines is 1. The molecular weight excluding hydrogens is 500 g/mol. The zero-order valence-electron chi connectivity index (χ0n) is 19.0. The van der Waals surface area contributed by atoms with Crippen LogP contribution in [0.5, 0.6) is 0 Å². The van der Waals surface area contributed by atoms with E-state index in [1.54, 1.807) is 30.3 Å². The van der Waals surface area contributed by atoms with E-state index >= 15 is 0 Å². The predicted molar refractivity (Wildman–Crippen MR) is 137 cm³/mol. The van der Waals surface area contributed by atoms with Gasteiger partial charge >= 0.3 is 0 Å². The van der Waals surface area contributed by atoms with Crippen molar-refractivity contribution in [3.05, 3.63) is 122 Å². The van der Waals surface area contributed by atoms with Crippen LogP contribution in [0, 0.1) is 5.82 Å². The number of benzene rings is 2. The Balaban J connectivity index is 0.000000148. The number of nitrogen functional groups attached to an aromatic ring is 1. The predicted octanol–water partition coefficient (Wildman–Crippen LogP) is 5.85. The van der Waals surface area contributed by atoms with Gasteiger partial charge in [-0.1, -0.05) is 23.2 Å². The summed E-state index contributed by atoms with van der Waals surface area (Å²) in [5.74, 6) is -0.617. The number of hydrogen-bond acceptors (Lipinski definition) is 5. The van der Waals surface area contributed by atoms with Crippen molar-refractivity contribution in [2.75, 3.05) is 5.73 Å². The minimum atomic E-state index is -0.412. The molecule has 2 aliphatic rings. The van der Waals surface area contributed by atoms with Crippen molar-refractivity contribution in [2.24, 2.45) is 0 Å². The van der Waals surface area contributed by atoms with Crippen molar-refractivity contribution in [1.82, 2.24) is 9.97 Å². The van der Waals surface area contributed by atoms with Crippen LogP contribution >= 0.6 is 23.2 Å². The average Bonchev–Trinajstić information content (AvgIpc) is 3.07. The fourth-order valence-electron chi connectivity index (χ4n) is 4.58. The topological polar surface area (TPSA) is 85.9 Å². The van der Waals surface area contributed by atoms with Gasteiger partial charge in [0, 0.05) is 21.2 Å². The summed E-state index contributed by atoms with van der Waals surface area (Å²) in [6.07, 6.45) is 5.40. The molecule has 0 aliphatic heterocycles. The Bertz CT molecular complexity index is 1310. The highest BCUT2D eigenvalue weighted by atomic mass is 35.5. The van der Waals surface area contributed by atoms with E-state index in [-0.39, 0.29) is 11.6 Å². The summed E-state index contributed by atoms with van der Waals surface area (Å²) in [5, 5.41) is 1.26. The Morgan fingerprint density at radius 1 is 0.667 bits per heavy atom. The number of hydrogen-bond donors (Lipinski definition) is 1. The third kappa shape index (κ3) is 4.74. The van der Waals surface area contributed by atoms with E-state index in [9.17, 15) is 14.0 Å². The van der Waals surface area contributed by atoms with Crippen LogP contribution in [0.25, 0.3) is 0 Å². The molecule has 0 amide bonds. The summed E-state index contributed by atoms with van der Waals surface area (Å²) in [4.78, 5) is 32.8. The highest BCUT2D eigenvalue weighted by molar-refractivity contribution is 6.31. The molecule has 0 saturated heterocycles. The maximum Gasteiger partial charge on any atom is 0.211 e. The summed E-state index contributed by atoms with van der Waals surface area (Å²) in [7, 11) is 0. The molecule has 4 aromatic rings. The molecule has 0 fully saturated rings. The van der Waals surface area contributed by atoms with Gasteiger partial charge in [0.25, 0.3) is 0 Å². The van der Waals surface area contributed by atoms with E-state index in [1.165, 1.54) is 12.3 Å². The van der Waals surface area contributed by atoms with Crippen molar-refractivity contribution in [3.8, 4) is 0 Å². The molecule has 2 aliphatic carbocycles. The molecule has 36 heavy (non-hydrogen) atoms. The van der Waals surface area contributed by atoms with Crippen LogP contribution in [0.15, 0.2) is 60.9 Å². The van der Waals surface area contributed by atoms with E-state index in [0.717, 1.165) is 35.7 Å². The van der Waals surface area contributed by atoms with Gasteiger partial charge in [-0.2, -0.15) is 0 Å². The molecular formula is C28H20Cl2FN3O2. The molecule has 0 unspecified atom stereocenters. The lowest BCUT2D eigenvalue weighted by Gasteiger charge is -2.04. The Morgan fingerprint density at radius 3 is 1.69 bits per heavy atom. The number of carbonyl (C=O) groups excluding carboxylic acids is 2. The van der Waals surface area contributed by atoms with Crippen molar-refractivity contribution >= 4 is 40.5 Å². The number of halogens is 3. The third-order valence-corrected chi connectivity index (χ3v) is 6.77. The number of nitrogens with zero attached hydrogens (tertiary/aromatic N) is 2. The Kier molecular flexibility index (Phi) is 6.56. The maximum atomic E-state index is 13.2. The number of pyridine rings is 2. The number of ketones is 2. The van der Waals surface area contributed by atoms with E-state index in [4.69, 9.17) is 28.9 Å². The second-order valence-electron chi connectivity index (χ2n) is 8.70. The van der Waals surface area contributed by atoms with Crippen LogP contribution in [0.3, 0.4) is 0 Å². The maximum absolute atomic E-state index is 13.2. The lowest BCUT2D eigenvalue weighted by Crippen LogP contribution is -2.07. The van der Waals surface area contributed by atoms with E-state index in [1.807, 2.05) is 12.1 Å². The molecule has 2 aromatic carbocycles. The lowest BCUT2D eigenvalue weighted by atomic mass is 10.0. The minimum Gasteiger partial charge on any atom is -0.397 e. The highest BCUT2D eigenvalue weighted by Crippen LogP contribution is 2.27. The summed E-state index contributed by atoms with van der Waals surface area (Å²) in [5.41, 5.74) is 11.9. The van der Waals surface area contributed by atoms with E-state index in [2.05, 4.69) is 9.97 Å². The first kappa shape index (κ1) is 24.1. The molecule has 2 heterocycles. The largest absolute Gasteiger partial charge is 0.397 e. The molecule has 2 N–H and O–H groups in total. The summed E-state index contributed by atoms with van der Waals surface area (Å²) in [6.45, 7) is 0. The quantitative estimate of drug-likeness (QED) is 0.314. The molecule has 0 bridgehead atoms. The van der Waals surface area contributed by atoms with E-state index < -0.39 is 5.82 Å². The van der Waals surface area contributed by atoms with Gasteiger partial charge in [-0.05, 0) is 96.5 Å². The standard InChI is InChI=1S/C14H9ClFNO.C14H11ClN2O/c2*15-10-3-4-12-8(5-10)1-2-9-6-11(16)7-17-13(9)14(12)18/h3-7H,1-2H2;3-7H,1-2,16H2. The first-order valence-corrected chi connectivity index (χ1v) is 12.1. The summed E-state index contributed by atoms with van der Waals surface area (Å²) >= 11 is 11.9. The minimum absolute atomic E-state index is 0.0471. The number of fused-ring (bicyclic) bond motifs is 4. The Labute approximate surface area is 217 Å². The van der Waals surface area contributed by atoms with Gasteiger partial charge in [-0.15, -0.1) is 0 Å². The van der Waals surface area contributed by atoms with Gasteiger partial charge in [0.05, 0.1) is 18.1 Å². The average molecular weight is 520 g/mol. The second kappa shape index (κ2) is 9.80. The third-order valence-electron chi connectivity index (χ3n) is 6.30. The fourth-order valence-corrected chi connectivity index (χ4v) is 4.96. The molecule has 6 rings (SSSR count). The molecule has 2 aromatic heterocycles. The highest BCUT2D eigenvalue weighted by Gasteiger charge is 2.24. The number of nitrogens with two attached hydrogens (primary N) is 1. The van der Waals surface area contributed by atoms with Crippen molar-refractivity contribution < 1.29 is 14.0 Å². The van der Waals surface area contributed by atoms with Crippen LogP contribution < -0.4 is 5.73 Å². The zero-order valence-corrected chi connectivity index (χ0v) is 20.5. The van der Waals surface area contributed by atoms with Crippen LogP contribution in [0.2, 0.25) is 10.0 Å². The van der Waals surface area contributed by atoms with Crippen LogP contribution in [0.4, 0.5) is 10.1 Å². The number of aryl methyl sites for hydroxylation is 4. The van der Waals surface area contributed by atoms with Crippen molar-refractivity contribution in [2.45, 2.75) is 25.7 Å². The molecule has 180 valence electrons. The first-order valence-electron chi connectivity index (χ1n) is 11.3. The van der Waals surface area contributed by atoms with Gasteiger partial charge in [-0.3, -0.25) is 14.6 Å². The summed E-state index contributed by atoms with van der Waals surface area (Å²) < 4.78 is 13.2. The zero-order chi connectivity index (χ0) is 25.4. The Hall–Kier alpha value is -3.61. The normalized spacial score (nSPS) is 13.8. The smallest absolute Gasteiger partial charge is 0.211 e. The summed E-state index contributed by atoms with van der Waals surface area (Å²) in [6, 6.07) is 13.8. The molecule has 0 atom stereocenters. The van der Waals surface area contributed by atoms with Gasteiger partial charge in [0.2, 0.25) is 11.6 Å². The second-order valence-corrected chi connectivity index (χ2v) is 9.57. The lowest BCUT2D eigenvalue weighted by molar-refractivity contribution is 0.102. The van der Waals surface area contributed by atoms with Crippen LogP contribution in [0.1, 0.15) is 54.4 Å². The molecule has 0 radical (unpaired) electrons. The molecule has 8 heteroatoms. The number of aromatic nitrogens is 2. The first-order chi connectivity index (χ1) is 17.3. The number of carbonyl (C=O) groups is 2.